The average molecular weight is 165 g/mol. The highest BCUT2D eigenvalue weighted by atomic mass is 14.1. The largest absolute Gasteiger partial charge is 0.0885 e. The standard InChI is InChI=1S/C12H21/c1-2-3-9-12-10-7-5-4-6-8-11-12/h2,4-5,12H,3,6-11H2,1H3/b5-4-. The number of hydrogen-bond donors (Lipinski definition) is 0. The molecule has 0 amide bonds. The third kappa shape index (κ3) is 3.94. The van der Waals surface area contributed by atoms with Gasteiger partial charge in [0.15, 0.2) is 0 Å². The number of unbranched alkanes of at least 4 members (excludes halogenated alkanes) is 1. The van der Waals surface area contributed by atoms with Gasteiger partial charge in [-0.2, -0.15) is 0 Å². The van der Waals surface area contributed by atoms with Gasteiger partial charge < -0.3 is 0 Å². The first-order valence-corrected chi connectivity index (χ1v) is 5.36. The summed E-state index contributed by atoms with van der Waals surface area (Å²) >= 11 is 0. The minimum atomic E-state index is 1.01. The smallest absolute Gasteiger partial charge is 0.0348 e. The molecule has 0 aromatic rings. The average Bonchev–Trinajstić information content (AvgIpc) is 2.02. The Morgan fingerprint density at radius 3 is 2.92 bits per heavy atom. The highest BCUT2D eigenvalue weighted by Crippen LogP contribution is 2.23. The highest BCUT2D eigenvalue weighted by molar-refractivity contribution is 4.85. The van der Waals surface area contributed by atoms with E-state index in [4.69, 9.17) is 0 Å². The van der Waals surface area contributed by atoms with Crippen LogP contribution in [0, 0.1) is 12.3 Å². The number of rotatable bonds is 3. The van der Waals surface area contributed by atoms with Gasteiger partial charge in [-0.1, -0.05) is 38.3 Å². The summed E-state index contributed by atoms with van der Waals surface area (Å²) in [7, 11) is 0. The van der Waals surface area contributed by atoms with Crippen molar-refractivity contribution in [2.75, 3.05) is 0 Å². The molecule has 0 spiro atoms. The molecule has 0 nitrogen and oxygen atoms in total. The Morgan fingerprint density at radius 2 is 2.08 bits per heavy atom. The predicted molar refractivity (Wildman–Crippen MR) is 54.9 cm³/mol. The molecule has 0 heterocycles. The van der Waals surface area contributed by atoms with Crippen LogP contribution in [0.5, 0.6) is 0 Å². The zero-order valence-electron chi connectivity index (χ0n) is 8.26. The molecule has 0 bridgehead atoms. The van der Waals surface area contributed by atoms with Crippen LogP contribution >= 0.6 is 0 Å². The van der Waals surface area contributed by atoms with Crippen molar-refractivity contribution in [2.24, 2.45) is 5.92 Å². The van der Waals surface area contributed by atoms with E-state index in [2.05, 4.69) is 25.5 Å². The van der Waals surface area contributed by atoms with E-state index in [-0.39, 0.29) is 0 Å². The van der Waals surface area contributed by atoms with Gasteiger partial charge in [-0.15, -0.1) is 0 Å². The van der Waals surface area contributed by atoms with E-state index in [0.717, 1.165) is 5.92 Å². The lowest BCUT2D eigenvalue weighted by Gasteiger charge is -2.16. The van der Waals surface area contributed by atoms with Crippen molar-refractivity contribution >= 4 is 0 Å². The molecule has 1 radical (unpaired) electrons. The molecule has 0 aromatic carbocycles. The van der Waals surface area contributed by atoms with Crippen LogP contribution in [0.4, 0.5) is 0 Å². The van der Waals surface area contributed by atoms with Crippen LogP contribution in [0.2, 0.25) is 0 Å². The van der Waals surface area contributed by atoms with Gasteiger partial charge in [0.25, 0.3) is 0 Å². The second kappa shape index (κ2) is 6.28. The van der Waals surface area contributed by atoms with Crippen LogP contribution in [0.3, 0.4) is 0 Å². The van der Waals surface area contributed by atoms with Crippen molar-refractivity contribution in [3.63, 3.8) is 0 Å². The molecular formula is C12H21. The first kappa shape index (κ1) is 9.83. The maximum absolute atomic E-state index is 2.36. The summed E-state index contributed by atoms with van der Waals surface area (Å²) < 4.78 is 0. The molecule has 0 heteroatoms. The molecule has 0 saturated carbocycles. The minimum Gasteiger partial charge on any atom is -0.0885 e. The van der Waals surface area contributed by atoms with Crippen LogP contribution < -0.4 is 0 Å². The number of hydrogen-bond acceptors (Lipinski definition) is 0. The van der Waals surface area contributed by atoms with Crippen LogP contribution in [0.25, 0.3) is 0 Å². The maximum Gasteiger partial charge on any atom is -0.0348 e. The van der Waals surface area contributed by atoms with Crippen molar-refractivity contribution in [1.82, 2.24) is 0 Å². The van der Waals surface area contributed by atoms with E-state index < -0.39 is 0 Å². The second-order valence-electron chi connectivity index (χ2n) is 3.83. The fourth-order valence-electron chi connectivity index (χ4n) is 1.93. The van der Waals surface area contributed by atoms with E-state index in [9.17, 15) is 0 Å². The van der Waals surface area contributed by atoms with E-state index in [1.54, 1.807) is 0 Å². The lowest BCUT2D eigenvalue weighted by molar-refractivity contribution is 0.406. The molecule has 1 unspecified atom stereocenters. The van der Waals surface area contributed by atoms with Gasteiger partial charge in [-0.3, -0.25) is 0 Å². The van der Waals surface area contributed by atoms with Gasteiger partial charge in [-0.05, 0) is 38.0 Å². The lowest BCUT2D eigenvalue weighted by Crippen LogP contribution is -2.01. The zero-order valence-corrected chi connectivity index (χ0v) is 8.26. The van der Waals surface area contributed by atoms with Crippen molar-refractivity contribution in [3.8, 4) is 0 Å². The molecular weight excluding hydrogens is 144 g/mol. The molecule has 1 aliphatic carbocycles. The molecule has 1 atom stereocenters. The third-order valence-electron chi connectivity index (χ3n) is 2.76. The van der Waals surface area contributed by atoms with Gasteiger partial charge in [0, 0.05) is 0 Å². The zero-order chi connectivity index (χ0) is 8.65. The SMILES string of the molecule is C[CH]CCC1CC/C=C\CCC1. The molecule has 0 fully saturated rings. The fraction of sp³-hybridized carbons (Fsp3) is 0.750. The Kier molecular flexibility index (Phi) is 5.14. The summed E-state index contributed by atoms with van der Waals surface area (Å²) in [5, 5.41) is 0. The summed E-state index contributed by atoms with van der Waals surface area (Å²) in [5.41, 5.74) is 0. The fourth-order valence-corrected chi connectivity index (χ4v) is 1.93. The van der Waals surface area contributed by atoms with Gasteiger partial charge in [-0.25, -0.2) is 0 Å². The summed E-state index contributed by atoms with van der Waals surface area (Å²) in [6.07, 6.45) is 16.7. The van der Waals surface area contributed by atoms with Crippen LogP contribution in [-0.2, 0) is 0 Å². The van der Waals surface area contributed by atoms with Crippen molar-refractivity contribution in [2.45, 2.75) is 51.9 Å². The Balaban J connectivity index is 2.18. The Labute approximate surface area is 77.1 Å². The Hall–Kier alpha value is -0.260. The molecule has 0 aromatic heterocycles. The Morgan fingerprint density at radius 1 is 1.25 bits per heavy atom. The maximum atomic E-state index is 2.36. The van der Waals surface area contributed by atoms with Crippen LogP contribution in [-0.4, -0.2) is 0 Å². The normalized spacial score (nSPS) is 27.6. The molecule has 0 aliphatic heterocycles. The van der Waals surface area contributed by atoms with E-state index in [1.807, 2.05) is 0 Å². The molecule has 1 aliphatic rings. The van der Waals surface area contributed by atoms with Gasteiger partial charge in [0.05, 0.1) is 0 Å². The third-order valence-corrected chi connectivity index (χ3v) is 2.76. The van der Waals surface area contributed by atoms with Crippen molar-refractivity contribution in [3.05, 3.63) is 18.6 Å². The van der Waals surface area contributed by atoms with Gasteiger partial charge >= 0.3 is 0 Å². The molecule has 12 heavy (non-hydrogen) atoms. The van der Waals surface area contributed by atoms with Crippen molar-refractivity contribution in [1.29, 1.82) is 0 Å². The van der Waals surface area contributed by atoms with Crippen LogP contribution in [0.15, 0.2) is 12.2 Å². The first-order valence-electron chi connectivity index (χ1n) is 5.36. The Bertz CT molecular complexity index is 124. The molecule has 1 rings (SSSR count). The van der Waals surface area contributed by atoms with E-state index >= 15 is 0 Å². The summed E-state index contributed by atoms with van der Waals surface area (Å²) in [5.74, 6) is 1.01. The second-order valence-corrected chi connectivity index (χ2v) is 3.83. The van der Waals surface area contributed by atoms with Crippen LogP contribution in [0.1, 0.15) is 51.9 Å². The highest BCUT2D eigenvalue weighted by Gasteiger charge is 2.07. The first-order chi connectivity index (χ1) is 5.93. The van der Waals surface area contributed by atoms with E-state index in [1.165, 1.54) is 44.9 Å². The topological polar surface area (TPSA) is 0 Å². The van der Waals surface area contributed by atoms with Gasteiger partial charge in [0.1, 0.15) is 0 Å². The summed E-state index contributed by atoms with van der Waals surface area (Å²) in [6.45, 7) is 2.17. The van der Waals surface area contributed by atoms with E-state index in [0.29, 0.717) is 0 Å². The van der Waals surface area contributed by atoms with Gasteiger partial charge in [0.2, 0.25) is 0 Å². The minimum absolute atomic E-state index is 1.01. The number of allylic oxidation sites excluding steroid dienone is 2. The summed E-state index contributed by atoms with van der Waals surface area (Å²) in [6, 6.07) is 0. The monoisotopic (exact) mass is 165 g/mol. The lowest BCUT2D eigenvalue weighted by atomic mass is 9.90. The predicted octanol–water partition coefficient (Wildman–Crippen LogP) is 4.13. The molecule has 0 saturated heterocycles. The molecule has 0 N–H and O–H groups in total. The van der Waals surface area contributed by atoms with Crippen molar-refractivity contribution < 1.29 is 0 Å². The molecule has 69 valence electrons. The quantitative estimate of drug-likeness (QED) is 0.552. The summed E-state index contributed by atoms with van der Waals surface area (Å²) in [4.78, 5) is 0.